The molecule has 0 saturated heterocycles. The number of benzene rings is 2. The van der Waals surface area contributed by atoms with Crippen LogP contribution >= 0.6 is 11.6 Å². The Hall–Kier alpha value is -1.59. The van der Waals surface area contributed by atoms with Crippen LogP contribution in [0.3, 0.4) is 0 Å². The van der Waals surface area contributed by atoms with Crippen molar-refractivity contribution in [1.29, 1.82) is 0 Å². The second kappa shape index (κ2) is 5.89. The highest BCUT2D eigenvalue weighted by Crippen LogP contribution is 2.31. The first-order valence-corrected chi connectivity index (χ1v) is 8.99. The van der Waals surface area contributed by atoms with Crippen molar-refractivity contribution < 1.29 is 12.8 Å². The molecule has 116 valence electrons. The minimum atomic E-state index is -3.69. The highest BCUT2D eigenvalue weighted by atomic mass is 35.5. The molecule has 0 atom stereocenters. The van der Waals surface area contributed by atoms with Gasteiger partial charge in [0.15, 0.2) is 0 Å². The van der Waals surface area contributed by atoms with Crippen LogP contribution < -0.4 is 4.31 Å². The molecule has 0 radical (unpaired) electrons. The van der Waals surface area contributed by atoms with Crippen molar-refractivity contribution in [3.63, 3.8) is 0 Å². The van der Waals surface area contributed by atoms with Crippen LogP contribution in [0.2, 0.25) is 5.02 Å². The predicted octanol–water partition coefficient (Wildman–Crippen LogP) is 3.76. The first-order valence-electron chi connectivity index (χ1n) is 7.00. The third-order valence-electron chi connectivity index (χ3n) is 3.79. The molecule has 2 aromatic carbocycles. The molecule has 0 unspecified atom stereocenters. The van der Waals surface area contributed by atoms with Crippen LogP contribution in [0.4, 0.5) is 10.1 Å². The van der Waals surface area contributed by atoms with Gasteiger partial charge in [-0.05, 0) is 36.6 Å². The SMILES string of the molecule is O=S(=O)(Cc1c(F)cccc1Cl)N1CCCc2ccccc21. The minimum Gasteiger partial charge on any atom is -0.270 e. The molecule has 22 heavy (non-hydrogen) atoms. The summed E-state index contributed by atoms with van der Waals surface area (Å²) in [5.74, 6) is -1.03. The van der Waals surface area contributed by atoms with Crippen molar-refractivity contribution in [3.8, 4) is 0 Å². The molecule has 0 N–H and O–H groups in total. The summed E-state index contributed by atoms with van der Waals surface area (Å²) < 4.78 is 40.7. The number of halogens is 2. The number of nitrogens with zero attached hydrogens (tertiary/aromatic N) is 1. The van der Waals surface area contributed by atoms with E-state index in [1.165, 1.54) is 22.5 Å². The van der Waals surface area contributed by atoms with Crippen LogP contribution in [-0.4, -0.2) is 15.0 Å². The van der Waals surface area contributed by atoms with E-state index in [9.17, 15) is 12.8 Å². The van der Waals surface area contributed by atoms with E-state index in [1.54, 1.807) is 6.07 Å². The van der Waals surface area contributed by atoms with Gasteiger partial charge < -0.3 is 0 Å². The number of para-hydroxylation sites is 1. The Kier molecular flexibility index (Phi) is 4.10. The van der Waals surface area contributed by atoms with Crippen molar-refractivity contribution >= 4 is 27.3 Å². The van der Waals surface area contributed by atoms with Crippen molar-refractivity contribution in [2.75, 3.05) is 10.8 Å². The first kappa shape index (κ1) is 15.3. The third kappa shape index (κ3) is 2.83. The lowest BCUT2D eigenvalue weighted by atomic mass is 10.0. The number of fused-ring (bicyclic) bond motifs is 1. The molecule has 1 aliphatic rings. The van der Waals surface area contributed by atoms with E-state index in [2.05, 4.69) is 0 Å². The van der Waals surface area contributed by atoms with Gasteiger partial charge in [-0.2, -0.15) is 0 Å². The van der Waals surface area contributed by atoms with E-state index in [4.69, 9.17) is 11.6 Å². The van der Waals surface area contributed by atoms with Crippen molar-refractivity contribution in [1.82, 2.24) is 0 Å². The van der Waals surface area contributed by atoms with Crippen LogP contribution in [0, 0.1) is 5.82 Å². The Morgan fingerprint density at radius 2 is 1.91 bits per heavy atom. The summed E-state index contributed by atoms with van der Waals surface area (Å²) in [7, 11) is -3.69. The molecule has 0 saturated carbocycles. The molecule has 3 rings (SSSR count). The lowest BCUT2D eigenvalue weighted by Gasteiger charge is -2.30. The fourth-order valence-corrected chi connectivity index (χ4v) is 4.73. The Morgan fingerprint density at radius 1 is 1.14 bits per heavy atom. The molecule has 1 heterocycles. The summed E-state index contributed by atoms with van der Waals surface area (Å²) in [5, 5.41) is 0.133. The zero-order chi connectivity index (χ0) is 15.7. The average Bonchev–Trinajstić information content (AvgIpc) is 2.50. The summed E-state index contributed by atoms with van der Waals surface area (Å²) in [6, 6.07) is 11.6. The lowest BCUT2D eigenvalue weighted by Crippen LogP contribution is -2.36. The van der Waals surface area contributed by atoms with E-state index in [0.717, 1.165) is 18.4 Å². The number of hydrogen-bond acceptors (Lipinski definition) is 2. The molecule has 0 bridgehead atoms. The van der Waals surface area contributed by atoms with Crippen molar-refractivity contribution in [3.05, 3.63) is 64.4 Å². The van der Waals surface area contributed by atoms with Crippen LogP contribution in [0.5, 0.6) is 0 Å². The second-order valence-corrected chi connectivity index (χ2v) is 7.56. The van der Waals surface area contributed by atoms with Gasteiger partial charge in [-0.3, -0.25) is 4.31 Å². The molecule has 0 aliphatic carbocycles. The van der Waals surface area contributed by atoms with Gasteiger partial charge in [-0.25, -0.2) is 12.8 Å². The van der Waals surface area contributed by atoms with Crippen molar-refractivity contribution in [2.24, 2.45) is 0 Å². The summed E-state index contributed by atoms with van der Waals surface area (Å²) in [4.78, 5) is 0. The van der Waals surface area contributed by atoms with Crippen LogP contribution in [0.1, 0.15) is 17.5 Å². The molecular weight excluding hydrogens is 325 g/mol. The van der Waals surface area contributed by atoms with Crippen LogP contribution in [0.25, 0.3) is 0 Å². The number of aryl methyl sites for hydroxylation is 1. The number of anilines is 1. The lowest BCUT2D eigenvalue weighted by molar-refractivity contribution is 0.579. The van der Waals surface area contributed by atoms with Gasteiger partial charge >= 0.3 is 0 Å². The number of hydrogen-bond donors (Lipinski definition) is 0. The molecule has 1 aliphatic heterocycles. The van der Waals surface area contributed by atoms with E-state index in [-0.39, 0.29) is 10.6 Å². The van der Waals surface area contributed by atoms with Gasteiger partial charge in [-0.15, -0.1) is 0 Å². The quantitative estimate of drug-likeness (QED) is 0.853. The smallest absolute Gasteiger partial charge is 0.239 e. The number of rotatable bonds is 3. The maximum absolute atomic E-state index is 13.9. The highest BCUT2D eigenvalue weighted by Gasteiger charge is 2.28. The topological polar surface area (TPSA) is 37.4 Å². The van der Waals surface area contributed by atoms with Crippen LogP contribution in [-0.2, 0) is 22.2 Å². The molecule has 0 amide bonds. The maximum atomic E-state index is 13.9. The normalized spacial score (nSPS) is 14.7. The highest BCUT2D eigenvalue weighted by molar-refractivity contribution is 7.92. The Labute approximate surface area is 134 Å². The van der Waals surface area contributed by atoms with Gasteiger partial charge in [0.1, 0.15) is 5.82 Å². The summed E-state index contributed by atoms with van der Waals surface area (Å²) in [6.45, 7) is 0.408. The van der Waals surface area contributed by atoms with Gasteiger partial charge in [0, 0.05) is 17.1 Å². The van der Waals surface area contributed by atoms with Gasteiger partial charge in [-0.1, -0.05) is 35.9 Å². The third-order valence-corrected chi connectivity index (χ3v) is 5.85. The zero-order valence-corrected chi connectivity index (χ0v) is 13.4. The zero-order valence-electron chi connectivity index (χ0n) is 11.8. The van der Waals surface area contributed by atoms with E-state index < -0.39 is 21.6 Å². The molecule has 0 fully saturated rings. The minimum absolute atomic E-state index is 0.0206. The number of sulfonamides is 1. The molecule has 6 heteroatoms. The fourth-order valence-electron chi connectivity index (χ4n) is 2.72. The summed E-state index contributed by atoms with van der Waals surface area (Å²) >= 11 is 5.95. The van der Waals surface area contributed by atoms with Crippen molar-refractivity contribution in [2.45, 2.75) is 18.6 Å². The Morgan fingerprint density at radius 3 is 2.68 bits per heavy atom. The molecule has 2 aromatic rings. The predicted molar refractivity (Wildman–Crippen MR) is 86.1 cm³/mol. The second-order valence-electron chi connectivity index (χ2n) is 5.26. The van der Waals surface area contributed by atoms with E-state index in [1.807, 2.05) is 18.2 Å². The Balaban J connectivity index is 1.98. The summed E-state index contributed by atoms with van der Waals surface area (Å²) in [6.07, 6.45) is 1.60. The fraction of sp³-hybridized carbons (Fsp3) is 0.250. The summed E-state index contributed by atoms with van der Waals surface area (Å²) in [5.41, 5.74) is 1.70. The molecule has 0 spiro atoms. The van der Waals surface area contributed by atoms with E-state index in [0.29, 0.717) is 12.2 Å². The standard InChI is InChI=1S/C16H15ClFNO2S/c17-14-7-3-8-15(18)13(14)11-22(20,21)19-10-4-6-12-5-1-2-9-16(12)19/h1-3,5,7-9H,4,6,10-11H2. The average molecular weight is 340 g/mol. The first-order chi connectivity index (χ1) is 10.5. The van der Waals surface area contributed by atoms with Gasteiger partial charge in [0.25, 0.3) is 0 Å². The molecule has 0 aromatic heterocycles. The van der Waals surface area contributed by atoms with Gasteiger partial charge in [0.05, 0.1) is 11.4 Å². The molecule has 3 nitrogen and oxygen atoms in total. The van der Waals surface area contributed by atoms with E-state index >= 15 is 0 Å². The monoisotopic (exact) mass is 339 g/mol. The Bertz CT molecular complexity index is 787. The van der Waals surface area contributed by atoms with Crippen LogP contribution in [0.15, 0.2) is 42.5 Å². The molecular formula is C16H15ClFNO2S. The maximum Gasteiger partial charge on any atom is 0.239 e. The van der Waals surface area contributed by atoms with Gasteiger partial charge in [0.2, 0.25) is 10.0 Å². The largest absolute Gasteiger partial charge is 0.270 e.